The fraction of sp³-hybridized carbons (Fsp3) is 0.651. The van der Waals surface area contributed by atoms with Gasteiger partial charge in [-0.2, -0.15) is 13.2 Å². The molecule has 2 amide bonds. The van der Waals surface area contributed by atoms with Crippen molar-refractivity contribution >= 4 is 44.5 Å². The second-order valence-electron chi connectivity index (χ2n) is 18.0. The highest BCUT2D eigenvalue weighted by molar-refractivity contribution is 7.91. The van der Waals surface area contributed by atoms with Gasteiger partial charge in [0.25, 0.3) is 0 Å². The summed E-state index contributed by atoms with van der Waals surface area (Å²) >= 11 is 0. The van der Waals surface area contributed by atoms with E-state index >= 15 is 9.18 Å². The standard InChI is InChI=1S/C43H55F4N3O10S/c1-8-25-15-24(2)11-9-10-12-26-21-42(26,39(54)49-61(55,56)41(5)13-14-41)22-33(51)32-16-27(23-50(32)38(53)28(25)18-37(52)60-40(3,4)43(45,46)47)59-34-20-36(58-7)48-31-19-35(57-6)30(44)17-29(31)34/h10,12,17,19-20,24-28,32H,8-9,11,13-16,18,21-23H2,1-7H3,(H,49,54)/b12-10-/t24-,25-,26-,27-,28+,32+,42-/m1/s1. The third kappa shape index (κ3) is 9.48. The Bertz CT molecular complexity index is 2190. The van der Waals surface area contributed by atoms with Crippen molar-refractivity contribution in [1.82, 2.24) is 14.6 Å². The summed E-state index contributed by atoms with van der Waals surface area (Å²) in [5.74, 6) is -6.10. The summed E-state index contributed by atoms with van der Waals surface area (Å²) in [5.41, 5.74) is -4.03. The maximum atomic E-state index is 15.1. The van der Waals surface area contributed by atoms with Gasteiger partial charge in [-0.15, -0.1) is 0 Å². The Morgan fingerprint density at radius 2 is 1.75 bits per heavy atom. The maximum Gasteiger partial charge on any atom is 0.427 e. The Balaban J connectivity index is 1.40. The van der Waals surface area contributed by atoms with Crippen LogP contribution in [0.4, 0.5) is 17.6 Å². The van der Waals surface area contributed by atoms with Crippen molar-refractivity contribution in [2.24, 2.45) is 29.1 Å². The van der Waals surface area contributed by atoms with Crippen molar-refractivity contribution in [2.45, 2.75) is 127 Å². The lowest BCUT2D eigenvalue weighted by molar-refractivity contribution is -0.257. The van der Waals surface area contributed by atoms with Gasteiger partial charge in [0.05, 0.1) is 54.8 Å². The second kappa shape index (κ2) is 17.0. The van der Waals surface area contributed by atoms with E-state index in [-0.39, 0.29) is 53.6 Å². The van der Waals surface area contributed by atoms with Gasteiger partial charge >= 0.3 is 12.1 Å². The molecule has 3 fully saturated rings. The van der Waals surface area contributed by atoms with E-state index in [1.165, 1.54) is 31.3 Å². The van der Waals surface area contributed by atoms with Crippen LogP contribution in [0.1, 0.15) is 98.8 Å². The Kier molecular flexibility index (Phi) is 12.8. The van der Waals surface area contributed by atoms with Crippen molar-refractivity contribution in [3.05, 3.63) is 36.2 Å². The maximum absolute atomic E-state index is 15.1. The molecule has 1 saturated heterocycles. The number of fused-ring (bicyclic) bond motifs is 3. The number of allylic oxidation sites excluding steroid dienone is 2. The fourth-order valence-corrected chi connectivity index (χ4v) is 9.95. The molecule has 2 aromatic rings. The number of benzene rings is 1. The quantitative estimate of drug-likeness (QED) is 0.140. The van der Waals surface area contributed by atoms with Gasteiger partial charge in [-0.3, -0.25) is 23.9 Å². The van der Waals surface area contributed by atoms with E-state index < -0.39 is 104 Å². The number of carbonyl (C=O) groups excluding carboxylic acids is 4. The van der Waals surface area contributed by atoms with Crippen LogP contribution in [0.25, 0.3) is 10.9 Å². The highest BCUT2D eigenvalue weighted by Gasteiger charge is 2.63. The molecule has 1 aromatic carbocycles. The summed E-state index contributed by atoms with van der Waals surface area (Å²) in [6.07, 6.45) is -0.439. The first-order chi connectivity index (χ1) is 28.5. The minimum absolute atomic E-state index is 0.0181. The van der Waals surface area contributed by atoms with Crippen LogP contribution in [0.2, 0.25) is 0 Å². The van der Waals surface area contributed by atoms with Crippen LogP contribution in [0.3, 0.4) is 0 Å². The third-order valence-electron chi connectivity index (χ3n) is 13.1. The average Bonchev–Trinajstić information content (AvgIpc) is 4.06. The lowest BCUT2D eigenvalue weighted by Crippen LogP contribution is -2.49. The molecule has 2 aliphatic heterocycles. The number of sulfonamides is 1. The van der Waals surface area contributed by atoms with Crippen LogP contribution < -0.4 is 18.9 Å². The minimum atomic E-state index is -4.90. The topological polar surface area (TPSA) is 168 Å². The molecule has 4 aliphatic rings. The Hall–Kier alpha value is -4.48. The number of alkyl halides is 3. The Morgan fingerprint density at radius 1 is 1.05 bits per heavy atom. The first-order valence-corrected chi connectivity index (χ1v) is 22.2. The number of ether oxygens (including phenoxy) is 4. The van der Waals surface area contributed by atoms with E-state index in [9.17, 15) is 36.0 Å². The molecule has 13 nitrogen and oxygen atoms in total. The highest BCUT2D eigenvalue weighted by atomic mass is 32.2. The number of amides is 2. The zero-order chi connectivity index (χ0) is 44.9. The van der Waals surface area contributed by atoms with E-state index in [4.69, 9.17) is 18.9 Å². The number of methoxy groups -OCH3 is 2. The van der Waals surface area contributed by atoms with E-state index in [0.29, 0.717) is 38.5 Å². The van der Waals surface area contributed by atoms with Gasteiger partial charge in [0.1, 0.15) is 11.9 Å². The molecule has 2 aliphatic carbocycles. The Labute approximate surface area is 353 Å². The first kappa shape index (κ1) is 46.0. The zero-order valence-electron chi connectivity index (χ0n) is 35.5. The normalized spacial score (nSPS) is 28.7. The molecule has 0 unspecified atom stereocenters. The molecular weight excluding hydrogens is 827 g/mol. The summed E-state index contributed by atoms with van der Waals surface area (Å²) in [5, 5.41) is 0.225. The molecule has 0 radical (unpaired) electrons. The van der Waals surface area contributed by atoms with Crippen LogP contribution >= 0.6 is 0 Å². The van der Waals surface area contributed by atoms with Gasteiger partial charge in [-0.05, 0) is 83.1 Å². The summed E-state index contributed by atoms with van der Waals surface area (Å²) in [6.45, 7) is 6.54. The number of pyridine rings is 1. The molecule has 6 rings (SSSR count). The average molecular weight is 882 g/mol. The number of carbonyl (C=O) groups is 4. The number of aromatic nitrogens is 1. The molecule has 2 saturated carbocycles. The second-order valence-corrected chi connectivity index (χ2v) is 20.1. The molecular formula is C43H55F4N3O10S. The summed E-state index contributed by atoms with van der Waals surface area (Å²) in [7, 11) is -1.41. The van der Waals surface area contributed by atoms with Gasteiger partial charge in [-0.25, -0.2) is 17.8 Å². The smallest absolute Gasteiger partial charge is 0.427 e. The molecule has 1 N–H and O–H groups in total. The molecule has 1 aromatic heterocycles. The summed E-state index contributed by atoms with van der Waals surface area (Å²) in [6, 6.07) is 2.68. The van der Waals surface area contributed by atoms with Crippen LogP contribution in [-0.2, 0) is 33.9 Å². The number of rotatable bonds is 11. The van der Waals surface area contributed by atoms with Gasteiger partial charge in [-0.1, -0.05) is 32.4 Å². The van der Waals surface area contributed by atoms with Crippen molar-refractivity contribution < 1.29 is 64.1 Å². The van der Waals surface area contributed by atoms with Gasteiger partial charge < -0.3 is 23.8 Å². The van der Waals surface area contributed by atoms with Gasteiger partial charge in [0.2, 0.25) is 33.3 Å². The van der Waals surface area contributed by atoms with Crippen LogP contribution in [-0.4, -0.2) is 91.3 Å². The molecule has 336 valence electrons. The number of ketones is 1. The molecule has 0 spiro atoms. The van der Waals surface area contributed by atoms with E-state index in [1.807, 2.05) is 26.0 Å². The van der Waals surface area contributed by atoms with Crippen LogP contribution in [0.5, 0.6) is 17.4 Å². The number of esters is 1. The lowest BCUT2D eigenvalue weighted by Gasteiger charge is -2.34. The van der Waals surface area contributed by atoms with E-state index in [2.05, 4.69) is 9.71 Å². The number of nitrogens with one attached hydrogen (secondary N) is 1. The molecule has 0 bridgehead atoms. The van der Waals surface area contributed by atoms with E-state index in [0.717, 1.165) is 19.9 Å². The minimum Gasteiger partial charge on any atom is -0.494 e. The largest absolute Gasteiger partial charge is 0.494 e. The SMILES string of the molecule is CC[C@@H]1C[C@H](C)CC/C=C\[C@@H]2C[C@@]2(C(=O)NS(=O)(=O)C2(C)CC2)CC(=O)[C@@H]2C[C@@H](Oc3cc(OC)nc4cc(OC)c(F)cc34)CN2C(=O)[C@H]1CC(=O)OC(C)(C)C(F)(F)F. The van der Waals surface area contributed by atoms with Crippen molar-refractivity contribution in [3.63, 3.8) is 0 Å². The fourth-order valence-electron chi connectivity index (χ4n) is 8.62. The molecule has 61 heavy (non-hydrogen) atoms. The zero-order valence-corrected chi connectivity index (χ0v) is 36.3. The molecule has 3 heterocycles. The van der Waals surface area contributed by atoms with Gasteiger partial charge in [0, 0.05) is 30.4 Å². The van der Waals surface area contributed by atoms with Crippen LogP contribution in [0.15, 0.2) is 30.4 Å². The lowest BCUT2D eigenvalue weighted by atomic mass is 9.79. The van der Waals surface area contributed by atoms with Gasteiger partial charge in [0.15, 0.2) is 17.3 Å². The molecule has 7 atom stereocenters. The van der Waals surface area contributed by atoms with Crippen LogP contribution in [0, 0.1) is 34.9 Å². The summed E-state index contributed by atoms with van der Waals surface area (Å²) < 4.78 is 106. The number of hydrogen-bond acceptors (Lipinski definition) is 11. The number of Topliss-reactive ketones (excluding diaryl/α,β-unsaturated/α-hetero) is 1. The number of halogens is 4. The number of nitrogens with zero attached hydrogens (tertiary/aromatic N) is 2. The number of hydrogen-bond donors (Lipinski definition) is 1. The van der Waals surface area contributed by atoms with Crippen molar-refractivity contribution in [1.29, 1.82) is 0 Å². The van der Waals surface area contributed by atoms with E-state index in [1.54, 1.807) is 6.92 Å². The molecule has 18 heteroatoms. The highest BCUT2D eigenvalue weighted by Crippen LogP contribution is 2.58. The Morgan fingerprint density at radius 3 is 2.38 bits per heavy atom. The predicted molar refractivity (Wildman–Crippen MR) is 214 cm³/mol. The summed E-state index contributed by atoms with van der Waals surface area (Å²) in [4.78, 5) is 62.9. The monoisotopic (exact) mass is 881 g/mol. The van der Waals surface area contributed by atoms with Crippen molar-refractivity contribution in [3.8, 4) is 17.4 Å². The predicted octanol–water partition coefficient (Wildman–Crippen LogP) is 7.00. The van der Waals surface area contributed by atoms with Crippen molar-refractivity contribution in [2.75, 3.05) is 20.8 Å². The first-order valence-electron chi connectivity index (χ1n) is 20.7. The third-order valence-corrected chi connectivity index (χ3v) is 15.3.